The van der Waals surface area contributed by atoms with Crippen LogP contribution in [0.3, 0.4) is 0 Å². The Morgan fingerprint density at radius 3 is 2.88 bits per heavy atom. The van der Waals surface area contributed by atoms with Crippen molar-refractivity contribution in [3.05, 3.63) is 34.1 Å². The van der Waals surface area contributed by atoms with Crippen LogP contribution in [-0.4, -0.2) is 11.0 Å². The van der Waals surface area contributed by atoms with Crippen molar-refractivity contribution in [2.24, 2.45) is 5.92 Å². The first-order chi connectivity index (χ1) is 8.06. The molecule has 0 bridgehead atoms. The van der Waals surface area contributed by atoms with Gasteiger partial charge in [-0.1, -0.05) is 12.8 Å². The monoisotopic (exact) mass is 238 g/mol. The molecule has 4 nitrogen and oxygen atoms in total. The molecule has 1 aliphatic rings. The molecule has 1 atom stereocenters. The van der Waals surface area contributed by atoms with E-state index in [1.54, 1.807) is 0 Å². The molecule has 0 aliphatic heterocycles. The molecule has 1 aromatic rings. The fourth-order valence-electron chi connectivity index (χ4n) is 1.92. The van der Waals surface area contributed by atoms with Crippen molar-refractivity contribution in [2.75, 3.05) is 5.32 Å². The Bertz CT molecular complexity index is 433. The van der Waals surface area contributed by atoms with E-state index >= 15 is 0 Å². The van der Waals surface area contributed by atoms with Gasteiger partial charge in [-0.3, -0.25) is 10.1 Å². The maximum absolute atomic E-state index is 13.5. The van der Waals surface area contributed by atoms with Crippen LogP contribution in [0.15, 0.2) is 18.2 Å². The van der Waals surface area contributed by atoms with E-state index in [0.29, 0.717) is 0 Å². The summed E-state index contributed by atoms with van der Waals surface area (Å²) < 4.78 is 13.5. The summed E-state index contributed by atoms with van der Waals surface area (Å²) in [6, 6.07) is 3.69. The van der Waals surface area contributed by atoms with E-state index in [4.69, 9.17) is 0 Å². The predicted molar refractivity (Wildman–Crippen MR) is 63.5 cm³/mol. The molecule has 5 heteroatoms. The number of hydrogen-bond donors (Lipinski definition) is 1. The number of nitro benzene ring substituents is 1. The molecule has 1 aliphatic carbocycles. The molecule has 1 unspecified atom stereocenters. The van der Waals surface area contributed by atoms with Gasteiger partial charge in [-0.25, -0.2) is 4.39 Å². The number of halogens is 1. The third-order valence-corrected chi connectivity index (χ3v) is 2.95. The molecule has 0 spiro atoms. The van der Waals surface area contributed by atoms with E-state index < -0.39 is 10.7 Å². The summed E-state index contributed by atoms with van der Waals surface area (Å²) >= 11 is 0. The highest BCUT2D eigenvalue weighted by atomic mass is 19.1. The van der Waals surface area contributed by atoms with E-state index in [0.717, 1.165) is 18.4 Å². The lowest BCUT2D eigenvalue weighted by molar-refractivity contribution is -0.384. The largest absolute Gasteiger partial charge is 0.380 e. The fourth-order valence-corrected chi connectivity index (χ4v) is 1.92. The van der Waals surface area contributed by atoms with E-state index in [1.807, 2.05) is 6.92 Å². The second kappa shape index (κ2) is 4.69. The second-order valence-corrected chi connectivity index (χ2v) is 4.65. The lowest BCUT2D eigenvalue weighted by Crippen LogP contribution is -2.16. The smallest absolute Gasteiger partial charge is 0.271 e. The van der Waals surface area contributed by atoms with Crippen molar-refractivity contribution in [3.63, 3.8) is 0 Å². The van der Waals surface area contributed by atoms with Crippen LogP contribution in [0.25, 0.3) is 0 Å². The number of non-ortho nitro benzene ring substituents is 1. The summed E-state index contributed by atoms with van der Waals surface area (Å²) in [4.78, 5) is 10.1. The van der Waals surface area contributed by atoms with E-state index in [-0.39, 0.29) is 17.4 Å². The van der Waals surface area contributed by atoms with Crippen molar-refractivity contribution in [3.8, 4) is 0 Å². The Morgan fingerprint density at radius 1 is 1.59 bits per heavy atom. The second-order valence-electron chi connectivity index (χ2n) is 4.65. The Kier molecular flexibility index (Phi) is 3.26. The first-order valence-corrected chi connectivity index (χ1v) is 5.76. The lowest BCUT2D eigenvalue weighted by Gasteiger charge is -2.15. The van der Waals surface area contributed by atoms with Crippen LogP contribution in [0.5, 0.6) is 0 Å². The summed E-state index contributed by atoms with van der Waals surface area (Å²) in [5.41, 5.74) is 0.125. The van der Waals surface area contributed by atoms with Gasteiger partial charge in [-0.2, -0.15) is 0 Å². The van der Waals surface area contributed by atoms with Gasteiger partial charge in [-0.05, 0) is 25.3 Å². The number of nitrogens with zero attached hydrogens (tertiary/aromatic N) is 1. The van der Waals surface area contributed by atoms with Gasteiger partial charge in [0.1, 0.15) is 5.82 Å². The minimum Gasteiger partial charge on any atom is -0.380 e. The molecule has 1 saturated carbocycles. The van der Waals surface area contributed by atoms with Crippen molar-refractivity contribution in [1.82, 2.24) is 0 Å². The van der Waals surface area contributed by atoms with Crippen LogP contribution in [0, 0.1) is 21.8 Å². The quantitative estimate of drug-likeness (QED) is 0.632. The zero-order chi connectivity index (χ0) is 12.4. The Balaban J connectivity index is 2.07. The highest BCUT2D eigenvalue weighted by Gasteiger charge is 2.24. The lowest BCUT2D eigenvalue weighted by atomic mass is 10.1. The predicted octanol–water partition coefficient (Wildman–Crippen LogP) is 3.33. The molecule has 0 saturated heterocycles. The molecule has 0 heterocycles. The molecule has 1 N–H and O–H groups in total. The molecule has 2 rings (SSSR count). The van der Waals surface area contributed by atoms with Gasteiger partial charge in [0.15, 0.2) is 0 Å². The standard InChI is InChI=1S/C12H15FN2O2/c1-8(6-9-2-3-9)14-12-7-10(15(16)17)4-5-11(12)13/h4-5,7-9,14H,2-3,6H2,1H3. The molecule has 1 aromatic carbocycles. The Hall–Kier alpha value is -1.65. The highest BCUT2D eigenvalue weighted by Crippen LogP contribution is 2.34. The Labute approximate surface area is 99.0 Å². The van der Waals surface area contributed by atoms with E-state index in [1.165, 1.54) is 25.0 Å². The summed E-state index contributed by atoms with van der Waals surface area (Å²) in [6.45, 7) is 1.97. The number of hydrogen-bond acceptors (Lipinski definition) is 3. The molecule has 0 radical (unpaired) electrons. The van der Waals surface area contributed by atoms with Crippen LogP contribution in [0.2, 0.25) is 0 Å². The third-order valence-electron chi connectivity index (χ3n) is 2.95. The molecular weight excluding hydrogens is 223 g/mol. The average Bonchev–Trinajstić information content (AvgIpc) is 3.04. The molecule has 0 amide bonds. The van der Waals surface area contributed by atoms with Crippen LogP contribution in [-0.2, 0) is 0 Å². The van der Waals surface area contributed by atoms with E-state index in [9.17, 15) is 14.5 Å². The van der Waals surface area contributed by atoms with Crippen LogP contribution < -0.4 is 5.32 Å². The topological polar surface area (TPSA) is 55.2 Å². The SMILES string of the molecule is CC(CC1CC1)Nc1cc([N+](=O)[O-])ccc1F. The van der Waals surface area contributed by atoms with Gasteiger partial charge in [0.25, 0.3) is 5.69 Å². The normalized spacial score (nSPS) is 16.6. The van der Waals surface area contributed by atoms with Crippen molar-refractivity contribution < 1.29 is 9.31 Å². The molecule has 17 heavy (non-hydrogen) atoms. The first kappa shape index (κ1) is 11.8. The van der Waals surface area contributed by atoms with Crippen LogP contribution in [0.1, 0.15) is 26.2 Å². The van der Waals surface area contributed by atoms with Gasteiger partial charge in [0.05, 0.1) is 10.6 Å². The molecular formula is C12H15FN2O2. The Morgan fingerprint density at radius 2 is 2.29 bits per heavy atom. The molecule has 92 valence electrons. The van der Waals surface area contributed by atoms with Gasteiger partial charge < -0.3 is 5.32 Å². The zero-order valence-corrected chi connectivity index (χ0v) is 9.65. The van der Waals surface area contributed by atoms with E-state index in [2.05, 4.69) is 5.32 Å². The maximum Gasteiger partial charge on any atom is 0.271 e. The van der Waals surface area contributed by atoms with Gasteiger partial charge in [0.2, 0.25) is 0 Å². The minimum atomic E-state index is -0.518. The molecule has 0 aromatic heterocycles. The summed E-state index contributed by atoms with van der Waals surface area (Å²) in [7, 11) is 0. The molecule has 1 fully saturated rings. The zero-order valence-electron chi connectivity index (χ0n) is 9.65. The van der Waals surface area contributed by atoms with Gasteiger partial charge in [-0.15, -0.1) is 0 Å². The summed E-state index contributed by atoms with van der Waals surface area (Å²) in [5, 5.41) is 13.6. The maximum atomic E-state index is 13.5. The number of anilines is 1. The first-order valence-electron chi connectivity index (χ1n) is 5.76. The van der Waals surface area contributed by atoms with Gasteiger partial charge >= 0.3 is 0 Å². The third kappa shape index (κ3) is 3.15. The number of nitro groups is 1. The van der Waals surface area contributed by atoms with Crippen LogP contribution >= 0.6 is 0 Å². The summed E-state index contributed by atoms with van der Waals surface area (Å²) in [6.07, 6.45) is 3.47. The van der Waals surface area contributed by atoms with Gasteiger partial charge in [0, 0.05) is 18.2 Å². The summed E-state index contributed by atoms with van der Waals surface area (Å²) in [5.74, 6) is 0.289. The number of benzene rings is 1. The van der Waals surface area contributed by atoms with Crippen LogP contribution in [0.4, 0.5) is 15.8 Å². The minimum absolute atomic E-state index is 0.0903. The number of nitrogens with one attached hydrogen (secondary N) is 1. The average molecular weight is 238 g/mol. The van der Waals surface area contributed by atoms with Crippen molar-refractivity contribution in [1.29, 1.82) is 0 Å². The highest BCUT2D eigenvalue weighted by molar-refractivity contribution is 5.52. The number of rotatable bonds is 5. The van der Waals surface area contributed by atoms with Crippen molar-refractivity contribution >= 4 is 11.4 Å². The van der Waals surface area contributed by atoms with Crippen molar-refractivity contribution in [2.45, 2.75) is 32.2 Å². The fraction of sp³-hybridized carbons (Fsp3) is 0.500.